The summed E-state index contributed by atoms with van der Waals surface area (Å²) in [7, 11) is 0. The average molecular weight is 420 g/mol. The van der Waals surface area contributed by atoms with Crippen molar-refractivity contribution in [2.24, 2.45) is 0 Å². The van der Waals surface area contributed by atoms with Crippen LogP contribution in [0.2, 0.25) is 5.02 Å². The Morgan fingerprint density at radius 1 is 1.07 bits per heavy atom. The first-order valence-electron chi connectivity index (χ1n) is 10.5. The number of halogens is 2. The van der Waals surface area contributed by atoms with Gasteiger partial charge >= 0.3 is 5.69 Å². The van der Waals surface area contributed by atoms with Gasteiger partial charge in [-0.3, -0.25) is 9.47 Å². The minimum atomic E-state index is -0.314. The molecule has 3 aromatic rings. The Balaban J connectivity index is 0.000000707. The van der Waals surface area contributed by atoms with Crippen molar-refractivity contribution in [3.05, 3.63) is 69.4 Å². The van der Waals surface area contributed by atoms with E-state index in [2.05, 4.69) is 9.88 Å². The highest BCUT2D eigenvalue weighted by atomic mass is 35.5. The van der Waals surface area contributed by atoms with E-state index >= 15 is 0 Å². The Bertz CT molecular complexity index is 958. The highest BCUT2D eigenvalue weighted by Crippen LogP contribution is 2.27. The van der Waals surface area contributed by atoms with E-state index in [0.717, 1.165) is 42.5 Å². The van der Waals surface area contributed by atoms with Gasteiger partial charge < -0.3 is 4.98 Å². The number of imidazole rings is 1. The molecule has 158 valence electrons. The van der Waals surface area contributed by atoms with Gasteiger partial charge in [-0.2, -0.15) is 0 Å². The molecule has 1 aliphatic rings. The Morgan fingerprint density at radius 3 is 2.38 bits per heavy atom. The molecule has 1 aliphatic heterocycles. The van der Waals surface area contributed by atoms with Crippen molar-refractivity contribution in [3.63, 3.8) is 0 Å². The van der Waals surface area contributed by atoms with Crippen molar-refractivity contribution in [1.29, 1.82) is 0 Å². The molecular weight excluding hydrogens is 389 g/mol. The van der Waals surface area contributed by atoms with Crippen LogP contribution < -0.4 is 5.69 Å². The number of H-pyrrole nitrogens is 1. The molecule has 1 N–H and O–H groups in total. The number of para-hydroxylation sites is 2. The SMILES string of the molecule is CC.CC.O=c1[nH]c2ccccc2n1C1CCN(Cc2ccc(F)cc2Cl)CC1. The summed E-state index contributed by atoms with van der Waals surface area (Å²) in [4.78, 5) is 17.6. The summed E-state index contributed by atoms with van der Waals surface area (Å²) >= 11 is 6.13. The van der Waals surface area contributed by atoms with Gasteiger partial charge in [-0.15, -0.1) is 0 Å². The molecule has 2 aromatic carbocycles. The molecule has 1 aromatic heterocycles. The van der Waals surface area contributed by atoms with Crippen LogP contribution in [0.25, 0.3) is 11.0 Å². The van der Waals surface area contributed by atoms with Crippen molar-refractivity contribution in [3.8, 4) is 0 Å². The maximum Gasteiger partial charge on any atom is 0.326 e. The van der Waals surface area contributed by atoms with Gasteiger partial charge in [0.2, 0.25) is 0 Å². The molecule has 0 atom stereocenters. The molecule has 1 fully saturated rings. The van der Waals surface area contributed by atoms with E-state index in [9.17, 15) is 9.18 Å². The number of fused-ring (bicyclic) bond motifs is 1. The summed E-state index contributed by atoms with van der Waals surface area (Å²) in [5.74, 6) is -0.314. The summed E-state index contributed by atoms with van der Waals surface area (Å²) in [5.41, 5.74) is 2.74. The Morgan fingerprint density at radius 2 is 1.72 bits per heavy atom. The van der Waals surface area contributed by atoms with E-state index in [1.807, 2.05) is 56.5 Å². The van der Waals surface area contributed by atoms with Crippen molar-refractivity contribution in [1.82, 2.24) is 14.5 Å². The average Bonchev–Trinajstić information content (AvgIpc) is 3.09. The van der Waals surface area contributed by atoms with Crippen LogP contribution in [0, 0.1) is 5.82 Å². The van der Waals surface area contributed by atoms with Gasteiger partial charge in [0.1, 0.15) is 5.82 Å². The number of hydrogen-bond acceptors (Lipinski definition) is 2. The Kier molecular flexibility index (Phi) is 8.93. The first kappa shape index (κ1) is 23.2. The maximum absolute atomic E-state index is 13.2. The molecule has 0 amide bonds. The molecular formula is C23H31ClFN3O. The van der Waals surface area contributed by atoms with Gasteiger partial charge in [0.05, 0.1) is 11.0 Å². The molecule has 6 heteroatoms. The number of likely N-dealkylation sites (tertiary alicyclic amines) is 1. The number of nitrogens with zero attached hydrogens (tertiary/aromatic N) is 2. The molecule has 0 unspecified atom stereocenters. The van der Waals surface area contributed by atoms with Crippen molar-refractivity contribution in [2.75, 3.05) is 13.1 Å². The van der Waals surface area contributed by atoms with Gasteiger partial charge in [0.25, 0.3) is 0 Å². The first-order valence-corrected chi connectivity index (χ1v) is 10.8. The smallest absolute Gasteiger partial charge is 0.306 e. The second-order valence-electron chi connectivity index (χ2n) is 6.56. The van der Waals surface area contributed by atoms with Crippen LogP contribution in [-0.2, 0) is 6.54 Å². The number of aromatic amines is 1. The molecule has 4 rings (SSSR count). The topological polar surface area (TPSA) is 41.0 Å². The third-order valence-corrected chi connectivity index (χ3v) is 5.31. The van der Waals surface area contributed by atoms with Crippen LogP contribution in [0.1, 0.15) is 52.1 Å². The predicted octanol–water partition coefficient (Wildman–Crippen LogP) is 6.01. The number of benzene rings is 2. The lowest BCUT2D eigenvalue weighted by atomic mass is 10.0. The molecule has 0 saturated carbocycles. The highest BCUT2D eigenvalue weighted by Gasteiger charge is 2.23. The van der Waals surface area contributed by atoms with Gasteiger partial charge in [-0.25, -0.2) is 9.18 Å². The van der Waals surface area contributed by atoms with E-state index in [1.165, 1.54) is 12.1 Å². The molecule has 4 nitrogen and oxygen atoms in total. The second kappa shape index (κ2) is 11.2. The zero-order chi connectivity index (χ0) is 21.4. The van der Waals surface area contributed by atoms with Gasteiger partial charge in [-0.05, 0) is 42.7 Å². The van der Waals surface area contributed by atoms with E-state index < -0.39 is 0 Å². The van der Waals surface area contributed by atoms with Crippen LogP contribution >= 0.6 is 11.6 Å². The number of hydrogen-bond donors (Lipinski definition) is 1. The van der Waals surface area contributed by atoms with Crippen LogP contribution in [0.5, 0.6) is 0 Å². The summed E-state index contributed by atoms with van der Waals surface area (Å²) < 4.78 is 15.1. The minimum absolute atomic E-state index is 0.0405. The molecule has 0 bridgehead atoms. The quantitative estimate of drug-likeness (QED) is 0.564. The second-order valence-corrected chi connectivity index (χ2v) is 6.97. The lowest BCUT2D eigenvalue weighted by Crippen LogP contribution is -2.36. The molecule has 29 heavy (non-hydrogen) atoms. The van der Waals surface area contributed by atoms with Gasteiger partial charge in [0, 0.05) is 30.7 Å². The number of nitrogens with one attached hydrogen (secondary N) is 1. The molecule has 1 saturated heterocycles. The Hall–Kier alpha value is -2.11. The summed E-state index contributed by atoms with van der Waals surface area (Å²) in [6, 6.07) is 12.5. The fourth-order valence-electron chi connectivity index (χ4n) is 3.66. The largest absolute Gasteiger partial charge is 0.326 e. The molecule has 0 spiro atoms. The van der Waals surface area contributed by atoms with Crippen LogP contribution in [0.3, 0.4) is 0 Å². The van der Waals surface area contributed by atoms with Gasteiger partial charge in [0.15, 0.2) is 0 Å². The standard InChI is InChI=1S/C19H19ClFN3O.2C2H6/c20-16-11-14(21)6-5-13(16)12-23-9-7-15(8-10-23)24-18-4-2-1-3-17(18)22-19(24)25;2*1-2/h1-6,11,15H,7-10,12H2,(H,22,25);2*1-2H3. The van der Waals surface area contributed by atoms with Gasteiger partial charge in [-0.1, -0.05) is 57.5 Å². The first-order chi connectivity index (χ1) is 14.1. The lowest BCUT2D eigenvalue weighted by Gasteiger charge is -2.32. The fourth-order valence-corrected chi connectivity index (χ4v) is 3.89. The molecule has 2 heterocycles. The number of piperidine rings is 1. The minimum Gasteiger partial charge on any atom is -0.306 e. The zero-order valence-corrected chi connectivity index (χ0v) is 18.5. The predicted molar refractivity (Wildman–Crippen MR) is 120 cm³/mol. The van der Waals surface area contributed by atoms with Crippen LogP contribution in [-0.4, -0.2) is 27.5 Å². The molecule has 0 aliphatic carbocycles. The van der Waals surface area contributed by atoms with E-state index in [1.54, 1.807) is 6.07 Å². The van der Waals surface area contributed by atoms with Crippen molar-refractivity contribution in [2.45, 2.75) is 53.1 Å². The highest BCUT2D eigenvalue weighted by molar-refractivity contribution is 6.31. The number of rotatable bonds is 3. The van der Waals surface area contributed by atoms with Crippen molar-refractivity contribution >= 4 is 22.6 Å². The van der Waals surface area contributed by atoms with Crippen LogP contribution in [0.15, 0.2) is 47.3 Å². The Labute approximate surface area is 177 Å². The monoisotopic (exact) mass is 419 g/mol. The van der Waals surface area contributed by atoms with E-state index in [0.29, 0.717) is 11.6 Å². The third-order valence-electron chi connectivity index (χ3n) is 4.96. The summed E-state index contributed by atoms with van der Waals surface area (Å²) in [6.07, 6.45) is 1.81. The number of aromatic nitrogens is 2. The summed E-state index contributed by atoms with van der Waals surface area (Å²) in [6.45, 7) is 10.5. The normalized spacial score (nSPS) is 14.7. The fraction of sp³-hybridized carbons (Fsp3) is 0.435. The van der Waals surface area contributed by atoms with Crippen molar-refractivity contribution < 1.29 is 4.39 Å². The third kappa shape index (κ3) is 5.49. The zero-order valence-electron chi connectivity index (χ0n) is 17.7. The maximum atomic E-state index is 13.2. The van der Waals surface area contributed by atoms with E-state index in [4.69, 9.17) is 11.6 Å². The lowest BCUT2D eigenvalue weighted by molar-refractivity contribution is 0.180. The van der Waals surface area contributed by atoms with Crippen LogP contribution in [0.4, 0.5) is 4.39 Å². The van der Waals surface area contributed by atoms with E-state index in [-0.39, 0.29) is 17.5 Å². The summed E-state index contributed by atoms with van der Waals surface area (Å²) in [5, 5.41) is 0.468. The molecule has 0 radical (unpaired) electrons.